The van der Waals surface area contributed by atoms with Crippen LogP contribution in [-0.2, 0) is 10.0 Å². The fraction of sp³-hybridized carbons (Fsp3) is 0.500. The lowest BCUT2D eigenvalue weighted by Crippen LogP contribution is -2.33. The van der Waals surface area contributed by atoms with Gasteiger partial charge in [-0.1, -0.05) is 6.92 Å². The maximum atomic E-state index is 12.2. The molecular formula is C14H20N2O2S2. The van der Waals surface area contributed by atoms with E-state index in [0.29, 0.717) is 11.1 Å². The van der Waals surface area contributed by atoms with E-state index >= 15 is 0 Å². The summed E-state index contributed by atoms with van der Waals surface area (Å²) in [4.78, 5) is 0.212. The first-order valence-electron chi connectivity index (χ1n) is 6.51. The van der Waals surface area contributed by atoms with Gasteiger partial charge in [-0.05, 0) is 55.5 Å². The van der Waals surface area contributed by atoms with Crippen molar-refractivity contribution in [3.63, 3.8) is 0 Å². The van der Waals surface area contributed by atoms with Crippen LogP contribution in [0, 0.1) is 18.3 Å². The van der Waals surface area contributed by atoms with Gasteiger partial charge < -0.3 is 0 Å². The smallest absolute Gasteiger partial charge is 0.208 e. The third kappa shape index (κ3) is 4.82. The van der Waals surface area contributed by atoms with Crippen LogP contribution in [0.1, 0.15) is 31.4 Å². The Bertz CT molecular complexity index is 592. The summed E-state index contributed by atoms with van der Waals surface area (Å²) in [6, 6.07) is 6.48. The first kappa shape index (κ1) is 17.0. The molecule has 1 N–H and O–H groups in total. The minimum absolute atomic E-state index is 0.102. The van der Waals surface area contributed by atoms with E-state index in [1.54, 1.807) is 24.8 Å². The van der Waals surface area contributed by atoms with Crippen molar-refractivity contribution in [2.75, 3.05) is 11.5 Å². The second-order valence-corrected chi connectivity index (χ2v) is 7.70. The summed E-state index contributed by atoms with van der Waals surface area (Å²) in [5.41, 5.74) is 1.17. The van der Waals surface area contributed by atoms with Crippen LogP contribution in [0.25, 0.3) is 0 Å². The largest absolute Gasteiger partial charge is 0.240 e. The summed E-state index contributed by atoms with van der Waals surface area (Å²) in [7, 11) is -3.51. The second-order valence-electron chi connectivity index (χ2n) is 4.60. The van der Waals surface area contributed by atoms with Crippen LogP contribution < -0.4 is 4.72 Å². The molecular weight excluding hydrogens is 292 g/mol. The SMILES string of the molecule is CCSCCC(C)NS(=O)(=O)c1ccc(C#N)c(C)c1. The first-order chi connectivity index (χ1) is 9.40. The molecule has 20 heavy (non-hydrogen) atoms. The minimum Gasteiger partial charge on any atom is -0.208 e. The summed E-state index contributed by atoms with van der Waals surface area (Å²) in [5.74, 6) is 1.97. The minimum atomic E-state index is -3.51. The van der Waals surface area contributed by atoms with Crippen LogP contribution in [0.5, 0.6) is 0 Å². The van der Waals surface area contributed by atoms with Crippen molar-refractivity contribution in [1.29, 1.82) is 5.26 Å². The van der Waals surface area contributed by atoms with Gasteiger partial charge in [0.05, 0.1) is 16.5 Å². The van der Waals surface area contributed by atoms with Gasteiger partial charge in [0.15, 0.2) is 0 Å². The van der Waals surface area contributed by atoms with E-state index in [2.05, 4.69) is 11.6 Å². The Labute approximate surface area is 125 Å². The lowest BCUT2D eigenvalue weighted by Gasteiger charge is -2.14. The number of aryl methyl sites for hydroxylation is 1. The molecule has 0 spiro atoms. The van der Waals surface area contributed by atoms with Crippen molar-refractivity contribution in [2.45, 2.75) is 38.1 Å². The van der Waals surface area contributed by atoms with Gasteiger partial charge in [0.2, 0.25) is 10.0 Å². The molecule has 0 fully saturated rings. The van der Waals surface area contributed by atoms with Crippen LogP contribution in [0.3, 0.4) is 0 Å². The van der Waals surface area contributed by atoms with Crippen molar-refractivity contribution in [3.8, 4) is 6.07 Å². The molecule has 4 nitrogen and oxygen atoms in total. The molecule has 1 aromatic carbocycles. The Morgan fingerprint density at radius 2 is 2.15 bits per heavy atom. The van der Waals surface area contributed by atoms with E-state index in [0.717, 1.165) is 17.9 Å². The van der Waals surface area contributed by atoms with Crippen molar-refractivity contribution in [1.82, 2.24) is 4.72 Å². The lowest BCUT2D eigenvalue weighted by atomic mass is 10.1. The van der Waals surface area contributed by atoms with Gasteiger partial charge in [-0.3, -0.25) is 0 Å². The highest BCUT2D eigenvalue weighted by Crippen LogP contribution is 2.16. The zero-order valence-corrected chi connectivity index (χ0v) is 13.6. The van der Waals surface area contributed by atoms with Crippen molar-refractivity contribution >= 4 is 21.8 Å². The summed E-state index contributed by atoms with van der Waals surface area (Å²) >= 11 is 1.79. The highest BCUT2D eigenvalue weighted by molar-refractivity contribution is 7.99. The molecule has 0 bridgehead atoms. The third-order valence-corrected chi connectivity index (χ3v) is 5.40. The average molecular weight is 312 g/mol. The van der Waals surface area contributed by atoms with Gasteiger partial charge in [-0.2, -0.15) is 17.0 Å². The number of nitriles is 1. The Kier molecular flexibility index (Phi) is 6.53. The molecule has 110 valence electrons. The van der Waals surface area contributed by atoms with E-state index in [4.69, 9.17) is 5.26 Å². The first-order valence-corrected chi connectivity index (χ1v) is 9.15. The molecule has 0 saturated heterocycles. The molecule has 0 radical (unpaired) electrons. The van der Waals surface area contributed by atoms with Crippen LogP contribution in [0.4, 0.5) is 0 Å². The quantitative estimate of drug-likeness (QED) is 0.786. The number of benzene rings is 1. The number of hydrogen-bond donors (Lipinski definition) is 1. The molecule has 1 unspecified atom stereocenters. The molecule has 1 atom stereocenters. The third-order valence-electron chi connectivity index (χ3n) is 2.88. The molecule has 0 aliphatic carbocycles. The van der Waals surface area contributed by atoms with Crippen molar-refractivity contribution in [2.24, 2.45) is 0 Å². The van der Waals surface area contributed by atoms with Crippen LogP contribution in [0.15, 0.2) is 23.1 Å². The molecule has 0 amide bonds. The van der Waals surface area contributed by atoms with E-state index < -0.39 is 10.0 Å². The van der Waals surface area contributed by atoms with Crippen LogP contribution >= 0.6 is 11.8 Å². The molecule has 0 saturated carbocycles. The standard InChI is InChI=1S/C14H20N2O2S2/c1-4-19-8-7-12(3)16-20(17,18)14-6-5-13(10-15)11(2)9-14/h5-6,9,12,16H,4,7-8H2,1-3H3. The molecule has 0 aliphatic heterocycles. The highest BCUT2D eigenvalue weighted by atomic mass is 32.2. The fourth-order valence-corrected chi connectivity index (χ4v) is 3.90. The van der Waals surface area contributed by atoms with Crippen molar-refractivity contribution in [3.05, 3.63) is 29.3 Å². The van der Waals surface area contributed by atoms with E-state index in [-0.39, 0.29) is 10.9 Å². The van der Waals surface area contributed by atoms with Gasteiger partial charge in [-0.15, -0.1) is 0 Å². The van der Waals surface area contributed by atoms with Crippen LogP contribution in [0.2, 0.25) is 0 Å². The molecule has 6 heteroatoms. The van der Waals surface area contributed by atoms with E-state index in [1.165, 1.54) is 12.1 Å². The second kappa shape index (κ2) is 7.67. The Morgan fingerprint density at radius 1 is 1.45 bits per heavy atom. The number of thioether (sulfide) groups is 1. The Hall–Kier alpha value is -1.03. The predicted molar refractivity (Wildman–Crippen MR) is 83.3 cm³/mol. The van der Waals surface area contributed by atoms with Gasteiger partial charge >= 0.3 is 0 Å². The summed E-state index contributed by atoms with van der Waals surface area (Å²) < 4.78 is 27.1. The molecule has 0 heterocycles. The van der Waals surface area contributed by atoms with E-state index in [1.807, 2.05) is 13.0 Å². The summed E-state index contributed by atoms with van der Waals surface area (Å²) in [6.07, 6.45) is 0.799. The van der Waals surface area contributed by atoms with Gasteiger partial charge in [0.1, 0.15) is 0 Å². The number of sulfonamides is 1. The predicted octanol–water partition coefficient (Wildman–Crippen LogP) is 2.68. The van der Waals surface area contributed by atoms with Crippen LogP contribution in [-0.4, -0.2) is 26.0 Å². The average Bonchev–Trinajstić information content (AvgIpc) is 2.38. The number of nitrogens with zero attached hydrogens (tertiary/aromatic N) is 1. The normalized spacial score (nSPS) is 12.9. The van der Waals surface area contributed by atoms with Gasteiger partial charge in [-0.25, -0.2) is 13.1 Å². The van der Waals surface area contributed by atoms with Gasteiger partial charge in [0.25, 0.3) is 0 Å². The fourth-order valence-electron chi connectivity index (χ4n) is 1.73. The lowest BCUT2D eigenvalue weighted by molar-refractivity contribution is 0.557. The topological polar surface area (TPSA) is 70.0 Å². The summed E-state index contributed by atoms with van der Waals surface area (Å²) in [5, 5.41) is 8.86. The maximum Gasteiger partial charge on any atom is 0.240 e. The Balaban J connectivity index is 2.79. The molecule has 0 aliphatic rings. The molecule has 0 aromatic heterocycles. The molecule has 1 aromatic rings. The number of rotatable bonds is 7. The van der Waals surface area contributed by atoms with Gasteiger partial charge in [0, 0.05) is 6.04 Å². The number of hydrogen-bond acceptors (Lipinski definition) is 4. The zero-order valence-electron chi connectivity index (χ0n) is 12.0. The van der Waals surface area contributed by atoms with Crippen molar-refractivity contribution < 1.29 is 8.42 Å². The Morgan fingerprint density at radius 3 is 2.70 bits per heavy atom. The maximum absolute atomic E-state index is 12.2. The number of nitrogens with one attached hydrogen (secondary N) is 1. The molecule has 1 rings (SSSR count). The van der Waals surface area contributed by atoms with E-state index in [9.17, 15) is 8.42 Å². The highest BCUT2D eigenvalue weighted by Gasteiger charge is 2.17. The zero-order chi connectivity index (χ0) is 15.2. The monoisotopic (exact) mass is 312 g/mol. The summed E-state index contributed by atoms with van der Waals surface area (Å²) in [6.45, 7) is 5.68.